The highest BCUT2D eigenvalue weighted by atomic mass is 15.1. The largest absolute Gasteiger partial charge is 0.370 e. The normalized spacial score (nSPS) is 22.2. The van der Waals surface area contributed by atoms with Crippen molar-refractivity contribution in [2.45, 2.75) is 26.7 Å². The van der Waals surface area contributed by atoms with E-state index in [9.17, 15) is 0 Å². The van der Waals surface area contributed by atoms with Gasteiger partial charge in [0, 0.05) is 26.2 Å². The molecular formula is C14H28N4. The van der Waals surface area contributed by atoms with Gasteiger partial charge in [-0.25, -0.2) is 0 Å². The lowest BCUT2D eigenvalue weighted by Crippen LogP contribution is -2.39. The Morgan fingerprint density at radius 3 is 3.06 bits per heavy atom. The molecule has 1 rings (SSSR count). The van der Waals surface area contributed by atoms with Gasteiger partial charge in [0.05, 0.1) is 0 Å². The molecule has 0 aliphatic carbocycles. The number of guanidine groups is 1. The topological polar surface area (TPSA) is 53.6 Å². The standard InChI is InChI=1S/C14H28N4/c1-4-7-16-14(15)17-9-13-6-5-8-18(11-13)10-12(2)3/h4,12-13H,1,5-11H2,2-3H3,(H3,15,16,17). The molecule has 0 aromatic heterocycles. The van der Waals surface area contributed by atoms with Crippen LogP contribution in [0.1, 0.15) is 26.7 Å². The van der Waals surface area contributed by atoms with Crippen LogP contribution in [0.25, 0.3) is 0 Å². The van der Waals surface area contributed by atoms with Gasteiger partial charge in [0.15, 0.2) is 5.96 Å². The molecule has 1 aliphatic heterocycles. The predicted octanol–water partition coefficient (Wildman–Crippen LogP) is 1.44. The van der Waals surface area contributed by atoms with Crippen molar-refractivity contribution in [1.82, 2.24) is 10.2 Å². The Morgan fingerprint density at radius 1 is 1.61 bits per heavy atom. The van der Waals surface area contributed by atoms with Crippen LogP contribution in [0.4, 0.5) is 0 Å². The minimum atomic E-state index is 0.538. The van der Waals surface area contributed by atoms with Crippen LogP contribution >= 0.6 is 0 Å². The van der Waals surface area contributed by atoms with Crippen LogP contribution in [0.5, 0.6) is 0 Å². The third kappa shape index (κ3) is 6.05. The van der Waals surface area contributed by atoms with Crippen LogP contribution in [0, 0.1) is 11.8 Å². The molecule has 4 nitrogen and oxygen atoms in total. The lowest BCUT2D eigenvalue weighted by atomic mass is 9.97. The number of hydrogen-bond donors (Lipinski definition) is 2. The first-order valence-corrected chi connectivity index (χ1v) is 6.98. The first-order valence-electron chi connectivity index (χ1n) is 6.98. The van der Waals surface area contributed by atoms with Gasteiger partial charge in [-0.2, -0.15) is 0 Å². The molecule has 0 aromatic rings. The van der Waals surface area contributed by atoms with Crippen LogP contribution in [-0.4, -0.2) is 43.6 Å². The quantitative estimate of drug-likeness (QED) is 0.427. The van der Waals surface area contributed by atoms with Crippen molar-refractivity contribution >= 4 is 5.96 Å². The van der Waals surface area contributed by atoms with Gasteiger partial charge in [-0.1, -0.05) is 19.9 Å². The summed E-state index contributed by atoms with van der Waals surface area (Å²) in [7, 11) is 0. The van der Waals surface area contributed by atoms with Crippen LogP contribution in [-0.2, 0) is 0 Å². The lowest BCUT2D eigenvalue weighted by Gasteiger charge is -2.33. The number of nitrogens with zero attached hydrogens (tertiary/aromatic N) is 2. The van der Waals surface area contributed by atoms with Gasteiger partial charge < -0.3 is 16.0 Å². The number of rotatable bonds is 6. The number of piperidine rings is 1. The van der Waals surface area contributed by atoms with E-state index in [1.54, 1.807) is 6.08 Å². The van der Waals surface area contributed by atoms with Gasteiger partial charge in [0.2, 0.25) is 0 Å². The smallest absolute Gasteiger partial charge is 0.188 e. The summed E-state index contributed by atoms with van der Waals surface area (Å²) >= 11 is 0. The molecule has 4 heteroatoms. The van der Waals surface area contributed by atoms with E-state index in [0.29, 0.717) is 18.4 Å². The van der Waals surface area contributed by atoms with Gasteiger partial charge in [-0.15, -0.1) is 6.58 Å². The Kier molecular flexibility index (Phi) is 6.80. The van der Waals surface area contributed by atoms with Crippen molar-refractivity contribution in [3.63, 3.8) is 0 Å². The number of nitrogens with two attached hydrogens (primary N) is 1. The highest BCUT2D eigenvalue weighted by Gasteiger charge is 2.19. The first-order chi connectivity index (χ1) is 8.61. The van der Waals surface area contributed by atoms with Crippen molar-refractivity contribution in [3.05, 3.63) is 12.7 Å². The number of hydrogen-bond acceptors (Lipinski definition) is 2. The molecule has 1 unspecified atom stereocenters. The third-order valence-electron chi connectivity index (χ3n) is 3.17. The van der Waals surface area contributed by atoms with Gasteiger partial charge in [0.25, 0.3) is 0 Å². The Balaban J connectivity index is 2.31. The second kappa shape index (κ2) is 8.14. The van der Waals surface area contributed by atoms with E-state index >= 15 is 0 Å². The van der Waals surface area contributed by atoms with Gasteiger partial charge in [0.1, 0.15) is 0 Å². The highest BCUT2D eigenvalue weighted by Crippen LogP contribution is 2.17. The second-order valence-electron chi connectivity index (χ2n) is 5.56. The van der Waals surface area contributed by atoms with E-state index < -0.39 is 0 Å². The molecule has 1 atom stereocenters. The molecule has 0 saturated carbocycles. The SMILES string of the molecule is C=CCNC(N)=NCC1CCCN(CC(C)C)C1. The second-order valence-corrected chi connectivity index (χ2v) is 5.56. The molecule has 1 saturated heterocycles. The van der Waals surface area contributed by atoms with E-state index in [0.717, 1.165) is 19.0 Å². The van der Waals surface area contributed by atoms with E-state index in [1.807, 2.05) is 0 Å². The summed E-state index contributed by atoms with van der Waals surface area (Å²) in [4.78, 5) is 6.97. The van der Waals surface area contributed by atoms with Crippen molar-refractivity contribution in [3.8, 4) is 0 Å². The van der Waals surface area contributed by atoms with E-state index in [-0.39, 0.29) is 0 Å². The number of aliphatic imine (C=N–C) groups is 1. The molecule has 0 spiro atoms. The van der Waals surface area contributed by atoms with E-state index in [2.05, 4.69) is 35.6 Å². The fourth-order valence-electron chi connectivity index (χ4n) is 2.44. The zero-order valence-corrected chi connectivity index (χ0v) is 11.9. The van der Waals surface area contributed by atoms with Crippen molar-refractivity contribution in [2.75, 3.05) is 32.7 Å². The van der Waals surface area contributed by atoms with Crippen LogP contribution in [0.3, 0.4) is 0 Å². The van der Waals surface area contributed by atoms with Crippen molar-refractivity contribution in [2.24, 2.45) is 22.6 Å². The summed E-state index contributed by atoms with van der Waals surface area (Å²) in [6.07, 6.45) is 4.34. The van der Waals surface area contributed by atoms with Gasteiger partial charge >= 0.3 is 0 Å². The molecule has 3 N–H and O–H groups in total. The molecule has 0 amide bonds. The summed E-state index contributed by atoms with van der Waals surface area (Å²) < 4.78 is 0. The predicted molar refractivity (Wildman–Crippen MR) is 78.7 cm³/mol. The zero-order chi connectivity index (χ0) is 13.4. The Labute approximate surface area is 111 Å². The zero-order valence-electron chi connectivity index (χ0n) is 11.9. The van der Waals surface area contributed by atoms with Crippen LogP contribution in [0.2, 0.25) is 0 Å². The molecule has 1 heterocycles. The summed E-state index contributed by atoms with van der Waals surface area (Å²) in [5.41, 5.74) is 5.77. The minimum Gasteiger partial charge on any atom is -0.370 e. The Bertz CT molecular complexity index is 273. The maximum atomic E-state index is 5.77. The minimum absolute atomic E-state index is 0.538. The Morgan fingerprint density at radius 2 is 2.39 bits per heavy atom. The molecule has 1 fully saturated rings. The highest BCUT2D eigenvalue weighted by molar-refractivity contribution is 5.77. The average molecular weight is 252 g/mol. The summed E-state index contributed by atoms with van der Waals surface area (Å²) in [6.45, 7) is 13.3. The van der Waals surface area contributed by atoms with Crippen LogP contribution < -0.4 is 11.1 Å². The summed E-state index contributed by atoms with van der Waals surface area (Å²) in [5, 5.41) is 3.01. The van der Waals surface area contributed by atoms with Crippen molar-refractivity contribution < 1.29 is 0 Å². The number of likely N-dealkylation sites (tertiary alicyclic amines) is 1. The molecule has 0 radical (unpaired) electrons. The summed E-state index contributed by atoms with van der Waals surface area (Å²) in [6, 6.07) is 0. The molecule has 0 aromatic carbocycles. The van der Waals surface area contributed by atoms with Gasteiger partial charge in [-0.3, -0.25) is 4.99 Å². The van der Waals surface area contributed by atoms with Gasteiger partial charge in [-0.05, 0) is 31.2 Å². The third-order valence-corrected chi connectivity index (χ3v) is 3.17. The lowest BCUT2D eigenvalue weighted by molar-refractivity contribution is 0.162. The number of nitrogens with one attached hydrogen (secondary N) is 1. The Hall–Kier alpha value is -1.03. The van der Waals surface area contributed by atoms with Crippen molar-refractivity contribution in [1.29, 1.82) is 0 Å². The van der Waals surface area contributed by atoms with E-state index in [4.69, 9.17) is 5.73 Å². The first kappa shape index (κ1) is 15.0. The molecule has 1 aliphatic rings. The molecule has 0 bridgehead atoms. The average Bonchev–Trinajstić information content (AvgIpc) is 2.33. The maximum absolute atomic E-state index is 5.77. The molecule has 104 valence electrons. The fourth-order valence-corrected chi connectivity index (χ4v) is 2.44. The summed E-state index contributed by atoms with van der Waals surface area (Å²) in [5.74, 6) is 1.93. The maximum Gasteiger partial charge on any atom is 0.188 e. The molecule has 18 heavy (non-hydrogen) atoms. The molecular weight excluding hydrogens is 224 g/mol. The van der Waals surface area contributed by atoms with Crippen LogP contribution in [0.15, 0.2) is 17.6 Å². The monoisotopic (exact) mass is 252 g/mol. The van der Waals surface area contributed by atoms with E-state index in [1.165, 1.54) is 25.9 Å². The fraction of sp³-hybridized carbons (Fsp3) is 0.786.